The van der Waals surface area contributed by atoms with Crippen LogP contribution >= 0.6 is 11.8 Å². The van der Waals surface area contributed by atoms with E-state index < -0.39 is 27.1 Å². The Morgan fingerprint density at radius 2 is 1.58 bits per heavy atom. The van der Waals surface area contributed by atoms with Crippen LogP contribution in [0.1, 0.15) is 5.56 Å². The zero-order valence-electron chi connectivity index (χ0n) is 16.5. The van der Waals surface area contributed by atoms with Crippen LogP contribution in [0.15, 0.2) is 84.0 Å². The number of aliphatic hydroxyl groups is 1. The second-order valence-corrected chi connectivity index (χ2v) is 9.95. The summed E-state index contributed by atoms with van der Waals surface area (Å²) in [6, 6.07) is 19.1. The number of thioether (sulfide) groups is 1. The summed E-state index contributed by atoms with van der Waals surface area (Å²) in [7, 11) is -4.01. The van der Waals surface area contributed by atoms with Gasteiger partial charge in [-0.3, -0.25) is 15.0 Å². The molecule has 2 aromatic carbocycles. The summed E-state index contributed by atoms with van der Waals surface area (Å²) in [6.07, 6.45) is 3.28. The van der Waals surface area contributed by atoms with Crippen molar-refractivity contribution in [1.82, 2.24) is 10.5 Å². The standard InChI is InChI=1S/C22H22N2O5S2/c25-21(24-27)22(26,15-30-14-17-4-2-1-3-5-17)16-31(28,29)20-8-6-18(7-9-20)19-10-12-23-13-11-19/h1-13,26-27H,14-16H2,(H,24,25). The average Bonchev–Trinajstić information content (AvgIpc) is 2.79. The molecule has 0 radical (unpaired) electrons. The molecule has 0 aliphatic carbocycles. The van der Waals surface area contributed by atoms with Gasteiger partial charge >= 0.3 is 0 Å². The van der Waals surface area contributed by atoms with Gasteiger partial charge in [0.2, 0.25) is 0 Å². The van der Waals surface area contributed by atoms with Crippen molar-refractivity contribution in [3.05, 3.63) is 84.7 Å². The lowest BCUT2D eigenvalue weighted by atomic mass is 10.1. The van der Waals surface area contributed by atoms with E-state index in [1.165, 1.54) is 29.4 Å². The van der Waals surface area contributed by atoms with Gasteiger partial charge in [-0.2, -0.15) is 11.8 Å². The van der Waals surface area contributed by atoms with E-state index in [2.05, 4.69) is 4.98 Å². The molecular weight excluding hydrogens is 436 g/mol. The van der Waals surface area contributed by atoms with Crippen molar-refractivity contribution in [2.24, 2.45) is 0 Å². The summed E-state index contributed by atoms with van der Waals surface area (Å²) in [5, 5.41) is 19.9. The second-order valence-electron chi connectivity index (χ2n) is 6.97. The Kier molecular flexibility index (Phi) is 7.45. The van der Waals surface area contributed by atoms with Gasteiger partial charge in [-0.05, 0) is 41.0 Å². The molecular formula is C22H22N2O5S2. The predicted molar refractivity (Wildman–Crippen MR) is 119 cm³/mol. The lowest BCUT2D eigenvalue weighted by molar-refractivity contribution is -0.144. The monoisotopic (exact) mass is 458 g/mol. The fourth-order valence-corrected chi connectivity index (χ4v) is 5.80. The largest absolute Gasteiger partial charge is 0.378 e. The number of carbonyl (C=O) groups excluding carboxylic acids is 1. The summed E-state index contributed by atoms with van der Waals surface area (Å²) >= 11 is 1.20. The zero-order chi connectivity index (χ0) is 22.3. The second kappa shape index (κ2) is 10.1. The smallest absolute Gasteiger partial charge is 0.277 e. The molecule has 1 aromatic heterocycles. The summed E-state index contributed by atoms with van der Waals surface area (Å²) in [6.45, 7) is 0. The molecule has 31 heavy (non-hydrogen) atoms. The Morgan fingerprint density at radius 1 is 0.968 bits per heavy atom. The number of nitrogens with one attached hydrogen (secondary N) is 1. The molecule has 1 atom stereocenters. The number of hydroxylamine groups is 1. The first-order valence-electron chi connectivity index (χ1n) is 9.36. The summed E-state index contributed by atoms with van der Waals surface area (Å²) < 4.78 is 25.8. The molecule has 0 saturated heterocycles. The Bertz CT molecular complexity index is 1110. The predicted octanol–water partition coefficient (Wildman–Crippen LogP) is 2.69. The van der Waals surface area contributed by atoms with Crippen molar-refractivity contribution in [3.63, 3.8) is 0 Å². The number of nitrogens with zero attached hydrogens (tertiary/aromatic N) is 1. The molecule has 0 fully saturated rings. The van der Waals surface area contributed by atoms with Gasteiger partial charge in [-0.25, -0.2) is 13.9 Å². The number of pyridine rings is 1. The Morgan fingerprint density at radius 3 is 2.19 bits per heavy atom. The third-order valence-corrected chi connectivity index (χ3v) is 7.70. The van der Waals surface area contributed by atoms with Crippen LogP contribution in [0.5, 0.6) is 0 Å². The Labute approximate surface area is 185 Å². The first-order valence-corrected chi connectivity index (χ1v) is 12.2. The number of carbonyl (C=O) groups is 1. The highest BCUT2D eigenvalue weighted by Crippen LogP contribution is 2.25. The number of hydrogen-bond acceptors (Lipinski definition) is 7. The maximum atomic E-state index is 12.9. The minimum absolute atomic E-state index is 0.0254. The lowest BCUT2D eigenvalue weighted by Gasteiger charge is -2.25. The minimum Gasteiger partial charge on any atom is -0.378 e. The van der Waals surface area contributed by atoms with Crippen molar-refractivity contribution in [3.8, 4) is 11.1 Å². The number of hydrogen-bond donors (Lipinski definition) is 3. The summed E-state index contributed by atoms with van der Waals surface area (Å²) in [5.41, 5.74) is 1.75. The molecule has 0 saturated carbocycles. The molecule has 3 N–H and O–H groups in total. The summed E-state index contributed by atoms with van der Waals surface area (Å²) in [4.78, 5) is 16.1. The van der Waals surface area contributed by atoms with E-state index in [1.54, 1.807) is 36.7 Å². The van der Waals surface area contributed by atoms with Crippen LogP contribution in [0.2, 0.25) is 0 Å². The molecule has 1 unspecified atom stereocenters. The topological polar surface area (TPSA) is 117 Å². The zero-order valence-corrected chi connectivity index (χ0v) is 18.1. The number of aromatic nitrogens is 1. The van der Waals surface area contributed by atoms with E-state index in [0.29, 0.717) is 5.75 Å². The van der Waals surface area contributed by atoms with Crippen LogP contribution in [-0.4, -0.2) is 46.7 Å². The van der Waals surface area contributed by atoms with Crippen LogP contribution in [0.25, 0.3) is 11.1 Å². The van der Waals surface area contributed by atoms with E-state index in [0.717, 1.165) is 16.7 Å². The lowest BCUT2D eigenvalue weighted by Crippen LogP contribution is -2.52. The third kappa shape index (κ3) is 5.92. The highest BCUT2D eigenvalue weighted by molar-refractivity contribution is 7.98. The molecule has 0 aliphatic heterocycles. The molecule has 0 aliphatic rings. The quantitative estimate of drug-likeness (QED) is 0.333. The molecule has 1 amide bonds. The molecule has 0 bridgehead atoms. The van der Waals surface area contributed by atoms with Gasteiger partial charge in [0.1, 0.15) is 0 Å². The number of amides is 1. The van der Waals surface area contributed by atoms with E-state index in [1.807, 2.05) is 30.3 Å². The van der Waals surface area contributed by atoms with Crippen molar-refractivity contribution < 1.29 is 23.5 Å². The third-order valence-electron chi connectivity index (χ3n) is 4.63. The maximum absolute atomic E-state index is 12.9. The van der Waals surface area contributed by atoms with Crippen molar-refractivity contribution in [2.45, 2.75) is 16.2 Å². The molecule has 3 rings (SSSR count). The number of sulfone groups is 1. The fourth-order valence-electron chi connectivity index (χ4n) is 2.99. The van der Waals surface area contributed by atoms with Crippen LogP contribution in [-0.2, 0) is 20.4 Å². The molecule has 3 aromatic rings. The number of benzene rings is 2. The fraction of sp³-hybridized carbons (Fsp3) is 0.182. The SMILES string of the molecule is O=C(NO)C(O)(CSCc1ccccc1)CS(=O)(=O)c1ccc(-c2ccncc2)cc1. The van der Waals surface area contributed by atoms with Crippen LogP contribution in [0.3, 0.4) is 0 Å². The van der Waals surface area contributed by atoms with E-state index in [9.17, 15) is 18.3 Å². The summed E-state index contributed by atoms with van der Waals surface area (Å²) in [5.74, 6) is -1.75. The van der Waals surface area contributed by atoms with Crippen LogP contribution in [0, 0.1) is 0 Å². The average molecular weight is 459 g/mol. The first-order chi connectivity index (χ1) is 14.8. The highest BCUT2D eigenvalue weighted by atomic mass is 32.2. The molecule has 1 heterocycles. The number of rotatable bonds is 9. The van der Waals surface area contributed by atoms with E-state index in [-0.39, 0.29) is 10.6 Å². The Hall–Kier alpha value is -2.72. The van der Waals surface area contributed by atoms with Gasteiger partial charge in [-0.1, -0.05) is 42.5 Å². The normalized spacial score (nSPS) is 13.4. The van der Waals surface area contributed by atoms with Crippen LogP contribution in [0.4, 0.5) is 0 Å². The highest BCUT2D eigenvalue weighted by Gasteiger charge is 2.41. The van der Waals surface area contributed by atoms with Crippen molar-refractivity contribution in [2.75, 3.05) is 11.5 Å². The van der Waals surface area contributed by atoms with Crippen molar-refractivity contribution >= 4 is 27.5 Å². The van der Waals surface area contributed by atoms with Gasteiger partial charge in [0.15, 0.2) is 15.4 Å². The first kappa shape index (κ1) is 23.0. The molecule has 162 valence electrons. The molecule has 9 heteroatoms. The van der Waals surface area contributed by atoms with Gasteiger partial charge < -0.3 is 5.11 Å². The van der Waals surface area contributed by atoms with Gasteiger partial charge in [0.05, 0.1) is 10.6 Å². The van der Waals surface area contributed by atoms with Gasteiger partial charge in [0, 0.05) is 23.9 Å². The van der Waals surface area contributed by atoms with E-state index >= 15 is 0 Å². The Balaban J connectivity index is 1.75. The molecule has 7 nitrogen and oxygen atoms in total. The van der Waals surface area contributed by atoms with Crippen LogP contribution < -0.4 is 5.48 Å². The van der Waals surface area contributed by atoms with Gasteiger partial charge in [0.25, 0.3) is 5.91 Å². The minimum atomic E-state index is -4.01. The molecule has 0 spiro atoms. The van der Waals surface area contributed by atoms with Crippen molar-refractivity contribution in [1.29, 1.82) is 0 Å². The van der Waals surface area contributed by atoms with E-state index in [4.69, 9.17) is 5.21 Å². The maximum Gasteiger partial charge on any atom is 0.277 e. The van der Waals surface area contributed by atoms with Gasteiger partial charge in [-0.15, -0.1) is 0 Å².